The SMILES string of the molecule is CCc1nn(C)cc1-n1c(=O)[nH]cc(C(C)=O)c1=O. The Morgan fingerprint density at radius 2 is 2.11 bits per heavy atom. The van der Waals surface area contributed by atoms with E-state index in [4.69, 9.17) is 0 Å². The average Bonchev–Trinajstić information content (AvgIpc) is 2.70. The molecule has 0 radical (unpaired) electrons. The van der Waals surface area contributed by atoms with Gasteiger partial charge in [-0.2, -0.15) is 5.10 Å². The lowest BCUT2D eigenvalue weighted by Crippen LogP contribution is -2.36. The minimum absolute atomic E-state index is 0.0505. The molecule has 0 amide bonds. The molecule has 0 aromatic carbocycles. The van der Waals surface area contributed by atoms with E-state index in [-0.39, 0.29) is 5.56 Å². The van der Waals surface area contributed by atoms with Gasteiger partial charge in [0.1, 0.15) is 0 Å². The van der Waals surface area contributed by atoms with Crippen LogP contribution in [0.3, 0.4) is 0 Å². The third kappa shape index (κ3) is 2.14. The zero-order valence-electron chi connectivity index (χ0n) is 10.9. The first-order valence-electron chi connectivity index (χ1n) is 5.84. The molecule has 0 bridgehead atoms. The second-order valence-corrected chi connectivity index (χ2v) is 4.19. The van der Waals surface area contributed by atoms with Gasteiger partial charge in [-0.1, -0.05) is 6.92 Å². The van der Waals surface area contributed by atoms with Crippen LogP contribution in [0.4, 0.5) is 0 Å². The maximum Gasteiger partial charge on any atom is 0.333 e. The van der Waals surface area contributed by atoms with Crippen LogP contribution in [0.2, 0.25) is 0 Å². The van der Waals surface area contributed by atoms with Crippen molar-refractivity contribution in [2.45, 2.75) is 20.3 Å². The summed E-state index contributed by atoms with van der Waals surface area (Å²) in [4.78, 5) is 37.8. The van der Waals surface area contributed by atoms with E-state index in [1.54, 1.807) is 13.2 Å². The van der Waals surface area contributed by atoms with Crippen LogP contribution < -0.4 is 11.2 Å². The summed E-state index contributed by atoms with van der Waals surface area (Å²) >= 11 is 0. The molecule has 0 aliphatic rings. The van der Waals surface area contributed by atoms with Crippen molar-refractivity contribution < 1.29 is 4.79 Å². The van der Waals surface area contributed by atoms with Gasteiger partial charge in [0.15, 0.2) is 5.78 Å². The first kappa shape index (κ1) is 13.0. The summed E-state index contributed by atoms with van der Waals surface area (Å²) < 4.78 is 2.48. The maximum atomic E-state index is 12.2. The van der Waals surface area contributed by atoms with E-state index in [1.807, 2.05) is 6.92 Å². The standard InChI is InChI=1S/C12H14N4O3/c1-4-9-10(6-15(3)14-9)16-11(18)8(7(2)17)5-13-12(16)19/h5-6H,4H2,1-3H3,(H,13,19). The molecular weight excluding hydrogens is 248 g/mol. The second kappa shape index (κ2) is 4.68. The van der Waals surface area contributed by atoms with Crippen LogP contribution in [0.1, 0.15) is 29.9 Å². The second-order valence-electron chi connectivity index (χ2n) is 4.19. The van der Waals surface area contributed by atoms with Gasteiger partial charge in [-0.15, -0.1) is 0 Å². The zero-order valence-corrected chi connectivity index (χ0v) is 10.9. The van der Waals surface area contributed by atoms with Crippen LogP contribution in [0, 0.1) is 0 Å². The van der Waals surface area contributed by atoms with E-state index >= 15 is 0 Å². The number of ketones is 1. The Bertz CT molecular complexity index is 751. The zero-order chi connectivity index (χ0) is 14.2. The number of rotatable bonds is 3. The largest absolute Gasteiger partial charge is 0.333 e. The Balaban J connectivity index is 2.82. The van der Waals surface area contributed by atoms with Gasteiger partial charge in [-0.3, -0.25) is 14.3 Å². The van der Waals surface area contributed by atoms with Crippen molar-refractivity contribution in [1.29, 1.82) is 0 Å². The van der Waals surface area contributed by atoms with Gasteiger partial charge in [0, 0.05) is 19.4 Å². The molecule has 0 saturated heterocycles. The van der Waals surface area contributed by atoms with Crippen molar-refractivity contribution in [3.05, 3.63) is 44.5 Å². The number of hydrogen-bond donors (Lipinski definition) is 1. The quantitative estimate of drug-likeness (QED) is 0.790. The summed E-state index contributed by atoms with van der Waals surface area (Å²) in [6, 6.07) is 0. The maximum absolute atomic E-state index is 12.2. The first-order chi connectivity index (χ1) is 8.95. The van der Waals surface area contributed by atoms with Crippen molar-refractivity contribution in [2.75, 3.05) is 0 Å². The number of nitrogens with zero attached hydrogens (tertiary/aromatic N) is 3. The summed E-state index contributed by atoms with van der Waals surface area (Å²) in [7, 11) is 1.71. The molecule has 0 saturated carbocycles. The fourth-order valence-corrected chi connectivity index (χ4v) is 1.90. The van der Waals surface area contributed by atoms with Crippen LogP contribution in [-0.2, 0) is 13.5 Å². The number of aromatic nitrogens is 4. The van der Waals surface area contributed by atoms with Gasteiger partial charge in [0.2, 0.25) is 0 Å². The Morgan fingerprint density at radius 3 is 2.68 bits per heavy atom. The number of nitrogens with one attached hydrogen (secondary N) is 1. The van der Waals surface area contributed by atoms with E-state index < -0.39 is 17.0 Å². The van der Waals surface area contributed by atoms with Crippen molar-refractivity contribution in [3.8, 4) is 5.69 Å². The summed E-state index contributed by atoms with van der Waals surface area (Å²) in [5.74, 6) is -0.392. The van der Waals surface area contributed by atoms with Crippen LogP contribution in [0.5, 0.6) is 0 Å². The lowest BCUT2D eigenvalue weighted by Gasteiger charge is -2.04. The van der Waals surface area contributed by atoms with Gasteiger partial charge < -0.3 is 4.98 Å². The molecule has 2 rings (SSSR count). The minimum Gasteiger partial charge on any atom is -0.313 e. The number of H-pyrrole nitrogens is 1. The third-order valence-electron chi connectivity index (χ3n) is 2.81. The summed E-state index contributed by atoms with van der Waals surface area (Å²) in [5, 5.41) is 4.18. The predicted molar refractivity (Wildman–Crippen MR) is 68.8 cm³/mol. The van der Waals surface area contributed by atoms with Gasteiger partial charge in [-0.25, -0.2) is 9.36 Å². The molecule has 2 aromatic rings. The molecule has 0 aliphatic heterocycles. The van der Waals surface area contributed by atoms with Gasteiger partial charge in [0.05, 0.1) is 16.9 Å². The molecule has 0 spiro atoms. The van der Waals surface area contributed by atoms with Crippen molar-refractivity contribution in [3.63, 3.8) is 0 Å². The topological polar surface area (TPSA) is 89.8 Å². The Hall–Kier alpha value is -2.44. The average molecular weight is 262 g/mol. The van der Waals surface area contributed by atoms with Crippen LogP contribution >= 0.6 is 0 Å². The lowest BCUT2D eigenvalue weighted by molar-refractivity contribution is 0.101. The van der Waals surface area contributed by atoms with Crippen LogP contribution in [0.15, 0.2) is 22.0 Å². The molecule has 7 nitrogen and oxygen atoms in total. The molecule has 0 fully saturated rings. The molecule has 100 valence electrons. The number of aryl methyl sites for hydroxylation is 2. The van der Waals surface area contributed by atoms with E-state index in [0.717, 1.165) is 10.8 Å². The molecule has 1 N–H and O–H groups in total. The fourth-order valence-electron chi connectivity index (χ4n) is 1.90. The summed E-state index contributed by atoms with van der Waals surface area (Å²) in [6.07, 6.45) is 3.30. The highest BCUT2D eigenvalue weighted by Crippen LogP contribution is 2.09. The van der Waals surface area contributed by atoms with E-state index in [9.17, 15) is 14.4 Å². The lowest BCUT2D eigenvalue weighted by atomic mass is 10.2. The van der Waals surface area contributed by atoms with Crippen molar-refractivity contribution >= 4 is 5.78 Å². The molecular formula is C12H14N4O3. The Morgan fingerprint density at radius 1 is 1.42 bits per heavy atom. The molecule has 0 unspecified atom stereocenters. The number of Topliss-reactive ketones (excluding diaryl/α,β-unsaturated/α-hetero) is 1. The molecule has 7 heteroatoms. The smallest absolute Gasteiger partial charge is 0.313 e. The van der Waals surface area contributed by atoms with Gasteiger partial charge >= 0.3 is 5.69 Å². The third-order valence-corrected chi connectivity index (χ3v) is 2.81. The Kier molecular flexibility index (Phi) is 3.20. The monoisotopic (exact) mass is 262 g/mol. The predicted octanol–water partition coefficient (Wildman–Crippen LogP) is 0.0243. The number of aromatic amines is 1. The van der Waals surface area contributed by atoms with Crippen LogP contribution in [-0.4, -0.2) is 25.1 Å². The molecule has 2 aromatic heterocycles. The highest BCUT2D eigenvalue weighted by atomic mass is 16.2. The van der Waals surface area contributed by atoms with Gasteiger partial charge in [0.25, 0.3) is 5.56 Å². The van der Waals surface area contributed by atoms with Crippen molar-refractivity contribution in [1.82, 2.24) is 19.3 Å². The highest BCUT2D eigenvalue weighted by molar-refractivity contribution is 5.93. The van der Waals surface area contributed by atoms with E-state index in [1.165, 1.54) is 11.6 Å². The molecule has 0 atom stereocenters. The fraction of sp³-hybridized carbons (Fsp3) is 0.333. The van der Waals surface area contributed by atoms with Gasteiger partial charge in [-0.05, 0) is 13.3 Å². The molecule has 2 heterocycles. The minimum atomic E-state index is -0.626. The first-order valence-corrected chi connectivity index (χ1v) is 5.84. The number of hydrogen-bond acceptors (Lipinski definition) is 4. The van der Waals surface area contributed by atoms with Crippen LogP contribution in [0.25, 0.3) is 5.69 Å². The van der Waals surface area contributed by atoms with Crippen molar-refractivity contribution in [2.24, 2.45) is 7.05 Å². The summed E-state index contributed by atoms with van der Waals surface area (Å²) in [5.41, 5.74) is -0.239. The number of carbonyl (C=O) groups excluding carboxylic acids is 1. The van der Waals surface area contributed by atoms with E-state index in [0.29, 0.717) is 17.8 Å². The van der Waals surface area contributed by atoms with E-state index in [2.05, 4.69) is 10.1 Å². The Labute approximate surface area is 108 Å². The molecule has 19 heavy (non-hydrogen) atoms. The molecule has 0 aliphatic carbocycles. The summed E-state index contributed by atoms with van der Waals surface area (Å²) in [6.45, 7) is 3.16. The number of carbonyl (C=O) groups is 1. The highest BCUT2D eigenvalue weighted by Gasteiger charge is 2.16. The normalized spacial score (nSPS) is 10.7.